The van der Waals surface area contributed by atoms with Crippen LogP contribution in [0.25, 0.3) is 28.2 Å². The first-order valence-corrected chi connectivity index (χ1v) is 9.67. The minimum absolute atomic E-state index is 0.0165. The molecule has 0 bridgehead atoms. The number of aromatic nitrogens is 2. The topological polar surface area (TPSA) is 88.5 Å². The van der Waals surface area contributed by atoms with Gasteiger partial charge in [0.25, 0.3) is 0 Å². The number of carbonyl (C=O) groups excluding carboxylic acids is 1. The number of ketones is 1. The molecule has 31 heavy (non-hydrogen) atoms. The van der Waals surface area contributed by atoms with E-state index in [-0.39, 0.29) is 17.0 Å². The summed E-state index contributed by atoms with van der Waals surface area (Å²) < 4.78 is 19.8. The Morgan fingerprint density at radius 1 is 0.968 bits per heavy atom. The quantitative estimate of drug-likeness (QED) is 0.421. The molecule has 2 heterocycles. The molecule has 0 amide bonds. The van der Waals surface area contributed by atoms with Gasteiger partial charge in [-0.3, -0.25) is 9.36 Å². The summed E-state index contributed by atoms with van der Waals surface area (Å²) in [5.74, 6) is -1.77. The van der Waals surface area contributed by atoms with Crippen molar-refractivity contribution in [2.24, 2.45) is 5.41 Å². The smallest absolute Gasteiger partial charge is 0.240 e. The molecule has 158 valence electrons. The Hall–Kier alpha value is -3.87. The first-order chi connectivity index (χ1) is 14.7. The SMILES string of the molecule is CC(C)(C)C(=O)c1c(O)c(O)n(-c2ccc(-c3ccon3)cc2)c1-c1ccc(F)cc1. The highest BCUT2D eigenvalue weighted by Gasteiger charge is 2.34. The number of Topliss-reactive ketones (excluding diaryl/α,β-unsaturated/α-hetero) is 1. The van der Waals surface area contributed by atoms with Crippen molar-refractivity contribution in [2.75, 3.05) is 0 Å². The Bertz CT molecular complexity index is 1230. The summed E-state index contributed by atoms with van der Waals surface area (Å²) in [6, 6.07) is 14.3. The van der Waals surface area contributed by atoms with Crippen molar-refractivity contribution >= 4 is 5.78 Å². The van der Waals surface area contributed by atoms with E-state index in [9.17, 15) is 19.4 Å². The van der Waals surface area contributed by atoms with Crippen molar-refractivity contribution in [1.29, 1.82) is 0 Å². The van der Waals surface area contributed by atoms with Crippen LogP contribution in [0.3, 0.4) is 0 Å². The van der Waals surface area contributed by atoms with Gasteiger partial charge in [0.1, 0.15) is 17.8 Å². The van der Waals surface area contributed by atoms with Gasteiger partial charge < -0.3 is 14.7 Å². The van der Waals surface area contributed by atoms with Crippen molar-refractivity contribution in [3.05, 3.63) is 72.2 Å². The van der Waals surface area contributed by atoms with Gasteiger partial charge in [-0.25, -0.2) is 4.39 Å². The van der Waals surface area contributed by atoms with E-state index in [1.165, 1.54) is 35.1 Å². The standard InChI is InChI=1S/C24H21FN2O4/c1-24(2,3)22(29)19-20(15-4-8-16(25)9-5-15)27(23(30)21(19)28)17-10-6-14(7-11-17)18-12-13-31-26-18/h4-13,28,30H,1-3H3. The highest BCUT2D eigenvalue weighted by Crippen LogP contribution is 2.45. The fraction of sp³-hybridized carbons (Fsp3) is 0.167. The van der Waals surface area contributed by atoms with Gasteiger partial charge >= 0.3 is 0 Å². The van der Waals surface area contributed by atoms with Gasteiger partial charge in [0, 0.05) is 22.7 Å². The maximum Gasteiger partial charge on any atom is 0.240 e. The normalized spacial score (nSPS) is 11.6. The van der Waals surface area contributed by atoms with Crippen LogP contribution in [-0.4, -0.2) is 25.7 Å². The van der Waals surface area contributed by atoms with E-state index in [4.69, 9.17) is 4.52 Å². The van der Waals surface area contributed by atoms with Crippen LogP contribution in [-0.2, 0) is 0 Å². The second kappa shape index (κ2) is 7.43. The first kappa shape index (κ1) is 20.4. The zero-order valence-electron chi connectivity index (χ0n) is 17.3. The van der Waals surface area contributed by atoms with Gasteiger partial charge in [-0.05, 0) is 42.0 Å². The highest BCUT2D eigenvalue weighted by molar-refractivity contribution is 6.08. The predicted molar refractivity (Wildman–Crippen MR) is 114 cm³/mol. The summed E-state index contributed by atoms with van der Waals surface area (Å²) in [7, 11) is 0. The van der Waals surface area contributed by atoms with Crippen molar-refractivity contribution in [3.8, 4) is 39.8 Å². The summed E-state index contributed by atoms with van der Waals surface area (Å²) in [5.41, 5.74) is 1.87. The van der Waals surface area contributed by atoms with E-state index in [0.717, 1.165) is 5.56 Å². The van der Waals surface area contributed by atoms with Gasteiger partial charge in [0.05, 0.1) is 11.3 Å². The lowest BCUT2D eigenvalue weighted by atomic mass is 9.85. The second-order valence-electron chi connectivity index (χ2n) is 8.25. The molecular formula is C24H21FN2O4. The number of aromatic hydroxyl groups is 2. The van der Waals surface area contributed by atoms with Crippen LogP contribution in [0.4, 0.5) is 4.39 Å². The minimum atomic E-state index is -0.818. The third-order valence-electron chi connectivity index (χ3n) is 5.01. The zero-order valence-corrected chi connectivity index (χ0v) is 17.3. The summed E-state index contributed by atoms with van der Waals surface area (Å²) in [6.45, 7) is 5.18. The van der Waals surface area contributed by atoms with Crippen LogP contribution in [0.5, 0.6) is 11.6 Å². The molecule has 0 spiro atoms. The minimum Gasteiger partial charge on any atom is -0.503 e. The molecule has 0 aliphatic carbocycles. The number of nitrogens with zero attached hydrogens (tertiary/aromatic N) is 2. The summed E-state index contributed by atoms with van der Waals surface area (Å²) in [6.07, 6.45) is 1.47. The maximum atomic E-state index is 13.6. The van der Waals surface area contributed by atoms with Crippen LogP contribution >= 0.6 is 0 Å². The van der Waals surface area contributed by atoms with E-state index in [2.05, 4.69) is 5.16 Å². The molecule has 2 aromatic heterocycles. The van der Waals surface area contributed by atoms with Gasteiger partial charge in [0.2, 0.25) is 5.88 Å². The van der Waals surface area contributed by atoms with E-state index >= 15 is 0 Å². The molecule has 0 radical (unpaired) electrons. The van der Waals surface area contributed by atoms with Crippen molar-refractivity contribution in [1.82, 2.24) is 9.72 Å². The Morgan fingerprint density at radius 2 is 1.58 bits per heavy atom. The lowest BCUT2D eigenvalue weighted by Gasteiger charge is -2.18. The van der Waals surface area contributed by atoms with Crippen LogP contribution in [0.1, 0.15) is 31.1 Å². The molecule has 2 N–H and O–H groups in total. The predicted octanol–water partition coefficient (Wildman–Crippen LogP) is 5.58. The van der Waals surface area contributed by atoms with Crippen LogP contribution in [0, 0.1) is 11.2 Å². The van der Waals surface area contributed by atoms with Gasteiger partial charge in [-0.1, -0.05) is 38.1 Å². The molecule has 4 aromatic rings. The molecule has 6 nitrogen and oxygen atoms in total. The summed E-state index contributed by atoms with van der Waals surface area (Å²) in [4.78, 5) is 13.2. The highest BCUT2D eigenvalue weighted by atomic mass is 19.1. The lowest BCUT2D eigenvalue weighted by Crippen LogP contribution is -2.20. The molecule has 0 aliphatic rings. The van der Waals surface area contributed by atoms with Crippen LogP contribution < -0.4 is 0 Å². The number of carbonyl (C=O) groups is 1. The molecule has 0 fully saturated rings. The Balaban J connectivity index is 1.95. The molecule has 7 heteroatoms. The van der Waals surface area contributed by atoms with Crippen molar-refractivity contribution in [3.63, 3.8) is 0 Å². The summed E-state index contributed by atoms with van der Waals surface area (Å²) >= 11 is 0. The second-order valence-corrected chi connectivity index (χ2v) is 8.25. The fourth-order valence-corrected chi connectivity index (χ4v) is 3.41. The van der Waals surface area contributed by atoms with Crippen molar-refractivity contribution in [2.45, 2.75) is 20.8 Å². The number of hydrogen-bond donors (Lipinski definition) is 2. The third kappa shape index (κ3) is 3.59. The summed E-state index contributed by atoms with van der Waals surface area (Å²) in [5, 5.41) is 25.4. The number of benzene rings is 2. The van der Waals surface area contributed by atoms with E-state index in [1.54, 1.807) is 51.1 Å². The molecule has 0 aliphatic heterocycles. The Kier molecular flexibility index (Phi) is 4.89. The Morgan fingerprint density at radius 3 is 2.13 bits per heavy atom. The average molecular weight is 420 g/mol. The van der Waals surface area contributed by atoms with Gasteiger partial charge in [-0.2, -0.15) is 0 Å². The first-order valence-electron chi connectivity index (χ1n) is 9.67. The molecular weight excluding hydrogens is 399 g/mol. The van der Waals surface area contributed by atoms with Crippen molar-refractivity contribution < 1.29 is 23.9 Å². The van der Waals surface area contributed by atoms with Crippen LogP contribution in [0.15, 0.2) is 65.4 Å². The molecule has 2 aromatic carbocycles. The maximum absolute atomic E-state index is 13.6. The average Bonchev–Trinajstić information content (AvgIpc) is 3.35. The fourth-order valence-electron chi connectivity index (χ4n) is 3.41. The van der Waals surface area contributed by atoms with E-state index in [0.29, 0.717) is 16.9 Å². The van der Waals surface area contributed by atoms with Gasteiger partial charge in [-0.15, -0.1) is 0 Å². The van der Waals surface area contributed by atoms with E-state index < -0.39 is 22.9 Å². The monoisotopic (exact) mass is 420 g/mol. The number of halogens is 1. The molecule has 0 atom stereocenters. The zero-order chi connectivity index (χ0) is 22.3. The largest absolute Gasteiger partial charge is 0.503 e. The van der Waals surface area contributed by atoms with Gasteiger partial charge in [0.15, 0.2) is 11.5 Å². The number of hydrogen-bond acceptors (Lipinski definition) is 5. The lowest BCUT2D eigenvalue weighted by molar-refractivity contribution is 0.0856. The van der Waals surface area contributed by atoms with E-state index in [1.807, 2.05) is 0 Å². The molecule has 0 saturated heterocycles. The Labute approximate surface area is 178 Å². The molecule has 0 saturated carbocycles. The van der Waals surface area contributed by atoms with Crippen LogP contribution in [0.2, 0.25) is 0 Å². The number of rotatable bonds is 4. The molecule has 4 rings (SSSR count). The third-order valence-corrected chi connectivity index (χ3v) is 5.01. The molecule has 0 unspecified atom stereocenters.